The Kier molecular flexibility index (Phi) is 5.85. The molecule has 5 heteroatoms. The third-order valence-corrected chi connectivity index (χ3v) is 4.36. The van der Waals surface area contributed by atoms with E-state index in [1.165, 1.54) is 5.56 Å². The Morgan fingerprint density at radius 1 is 1.26 bits per heavy atom. The predicted octanol–water partition coefficient (Wildman–Crippen LogP) is 3.88. The fraction of sp³-hybridized carbons (Fsp3) is 0.571. The summed E-state index contributed by atoms with van der Waals surface area (Å²) in [4.78, 5) is 0. The summed E-state index contributed by atoms with van der Waals surface area (Å²) in [6.07, 6.45) is 0.307. The zero-order valence-corrected chi connectivity index (χ0v) is 13.7. The number of halogens is 1. The van der Waals surface area contributed by atoms with E-state index in [9.17, 15) is 0 Å². The van der Waals surface area contributed by atoms with Crippen molar-refractivity contribution in [2.24, 2.45) is 0 Å². The third kappa shape index (κ3) is 4.58. The maximum atomic E-state index is 5.60. The van der Waals surface area contributed by atoms with Gasteiger partial charge in [-0.1, -0.05) is 15.9 Å². The lowest BCUT2D eigenvalue weighted by Gasteiger charge is -2.19. The summed E-state index contributed by atoms with van der Waals surface area (Å²) < 4.78 is 17.7. The lowest BCUT2D eigenvalue weighted by molar-refractivity contribution is 0.0920. The van der Waals surface area contributed by atoms with Gasteiger partial charge in [-0.15, -0.1) is 0 Å². The van der Waals surface area contributed by atoms with E-state index in [0.717, 1.165) is 34.1 Å². The van der Waals surface area contributed by atoms with Crippen molar-refractivity contribution < 1.29 is 14.2 Å². The molecule has 0 saturated carbocycles. The minimum absolute atomic E-state index is 0.307. The summed E-state index contributed by atoms with van der Waals surface area (Å²) >= 11 is 5.45. The average molecular weight is 347 g/mol. The van der Waals surface area contributed by atoms with Gasteiger partial charge in [0.05, 0.1) is 12.7 Å². The molecule has 0 aromatic heterocycles. The van der Waals surface area contributed by atoms with Gasteiger partial charge in [-0.25, -0.2) is 0 Å². The van der Waals surface area contributed by atoms with Crippen LogP contribution in [0.15, 0.2) is 16.6 Å². The van der Waals surface area contributed by atoms with E-state index >= 15 is 0 Å². The number of fused-ring (bicyclic) bond motifs is 1. The van der Waals surface area contributed by atoms with Crippen LogP contribution >= 0.6 is 27.7 Å². The van der Waals surface area contributed by atoms with Crippen LogP contribution in [0.2, 0.25) is 0 Å². The Morgan fingerprint density at radius 3 is 2.63 bits per heavy atom. The molecular formula is C14H19BrO3S. The molecule has 0 saturated heterocycles. The molecule has 3 nitrogen and oxygen atoms in total. The minimum atomic E-state index is 0.307. The fourth-order valence-electron chi connectivity index (χ4n) is 1.74. The van der Waals surface area contributed by atoms with Crippen molar-refractivity contribution in [3.05, 3.63) is 22.2 Å². The summed E-state index contributed by atoms with van der Waals surface area (Å²) in [5.74, 6) is 3.62. The van der Waals surface area contributed by atoms with Gasteiger partial charge in [0.15, 0.2) is 11.5 Å². The highest BCUT2D eigenvalue weighted by molar-refractivity contribution is 9.10. The largest absolute Gasteiger partial charge is 0.486 e. The van der Waals surface area contributed by atoms with E-state index in [1.54, 1.807) is 0 Å². The van der Waals surface area contributed by atoms with Crippen molar-refractivity contribution in [1.29, 1.82) is 0 Å². The molecule has 1 heterocycles. The molecule has 0 unspecified atom stereocenters. The van der Waals surface area contributed by atoms with Crippen LogP contribution in [0.5, 0.6) is 11.5 Å². The van der Waals surface area contributed by atoms with E-state index in [0.29, 0.717) is 19.3 Å². The molecule has 0 fully saturated rings. The number of rotatable bonds is 6. The second-order valence-corrected chi connectivity index (χ2v) is 6.52. The summed E-state index contributed by atoms with van der Waals surface area (Å²) in [6, 6.07) is 4.06. The molecule has 1 aromatic rings. The summed E-state index contributed by atoms with van der Waals surface area (Å²) in [7, 11) is 0. The molecule has 1 aliphatic rings. The third-order valence-electron chi connectivity index (χ3n) is 2.65. The maximum absolute atomic E-state index is 5.60. The summed E-state index contributed by atoms with van der Waals surface area (Å²) in [5, 5.41) is 0. The standard InChI is InChI=1S/C14H19BrO3S/c1-10(2)16-5-6-19-9-11-7-13-14(8-12(11)15)18-4-3-17-13/h7-8,10H,3-6,9H2,1-2H3. The molecular weight excluding hydrogens is 328 g/mol. The van der Waals surface area contributed by atoms with E-state index in [1.807, 2.05) is 17.8 Å². The lowest BCUT2D eigenvalue weighted by atomic mass is 10.2. The second-order valence-electron chi connectivity index (χ2n) is 4.56. The van der Waals surface area contributed by atoms with Crippen LogP contribution in [0.25, 0.3) is 0 Å². The van der Waals surface area contributed by atoms with Crippen molar-refractivity contribution in [3.8, 4) is 11.5 Å². The zero-order valence-electron chi connectivity index (χ0n) is 11.3. The van der Waals surface area contributed by atoms with Crippen LogP contribution in [0.4, 0.5) is 0 Å². The molecule has 0 spiro atoms. The first-order valence-electron chi connectivity index (χ1n) is 6.44. The zero-order chi connectivity index (χ0) is 13.7. The quantitative estimate of drug-likeness (QED) is 0.730. The Bertz CT molecular complexity index is 423. The van der Waals surface area contributed by atoms with Gasteiger partial charge in [0.2, 0.25) is 0 Å². The highest BCUT2D eigenvalue weighted by atomic mass is 79.9. The number of hydrogen-bond donors (Lipinski definition) is 0. The molecule has 0 amide bonds. The molecule has 0 aliphatic carbocycles. The Labute approximate surface area is 127 Å². The average Bonchev–Trinajstić information content (AvgIpc) is 2.38. The number of ether oxygens (including phenoxy) is 3. The van der Waals surface area contributed by atoms with Crippen LogP contribution < -0.4 is 9.47 Å². The first-order valence-corrected chi connectivity index (χ1v) is 8.39. The van der Waals surface area contributed by atoms with Gasteiger partial charge in [-0.05, 0) is 31.5 Å². The fourth-order valence-corrected chi connectivity index (χ4v) is 3.21. The van der Waals surface area contributed by atoms with Crippen LogP contribution in [0.1, 0.15) is 19.4 Å². The number of thioether (sulfide) groups is 1. The molecule has 106 valence electrons. The summed E-state index contributed by atoms with van der Waals surface area (Å²) in [5.41, 5.74) is 1.23. The number of hydrogen-bond acceptors (Lipinski definition) is 4. The van der Waals surface area contributed by atoms with Gasteiger partial charge in [-0.2, -0.15) is 11.8 Å². The van der Waals surface area contributed by atoms with Gasteiger partial charge in [0.25, 0.3) is 0 Å². The van der Waals surface area contributed by atoms with Crippen LogP contribution in [-0.4, -0.2) is 31.7 Å². The van der Waals surface area contributed by atoms with E-state index in [4.69, 9.17) is 14.2 Å². The smallest absolute Gasteiger partial charge is 0.162 e. The molecule has 1 aromatic carbocycles. The first kappa shape index (κ1) is 15.0. The van der Waals surface area contributed by atoms with Crippen molar-refractivity contribution in [2.75, 3.05) is 25.6 Å². The van der Waals surface area contributed by atoms with Crippen LogP contribution in [0, 0.1) is 0 Å². The van der Waals surface area contributed by atoms with Gasteiger partial charge >= 0.3 is 0 Å². The normalized spacial score (nSPS) is 13.9. The van der Waals surface area contributed by atoms with Gasteiger partial charge in [0, 0.05) is 16.0 Å². The Morgan fingerprint density at radius 2 is 1.95 bits per heavy atom. The monoisotopic (exact) mass is 346 g/mol. The van der Waals surface area contributed by atoms with E-state index in [2.05, 4.69) is 35.8 Å². The second kappa shape index (κ2) is 7.41. The van der Waals surface area contributed by atoms with Crippen molar-refractivity contribution in [2.45, 2.75) is 25.7 Å². The topological polar surface area (TPSA) is 27.7 Å². The van der Waals surface area contributed by atoms with Crippen molar-refractivity contribution >= 4 is 27.7 Å². The van der Waals surface area contributed by atoms with E-state index < -0.39 is 0 Å². The van der Waals surface area contributed by atoms with Crippen LogP contribution in [-0.2, 0) is 10.5 Å². The SMILES string of the molecule is CC(C)OCCSCc1cc2c(cc1Br)OCCO2. The molecule has 0 N–H and O–H groups in total. The molecule has 0 bridgehead atoms. The molecule has 19 heavy (non-hydrogen) atoms. The van der Waals surface area contributed by atoms with Gasteiger partial charge in [0.1, 0.15) is 13.2 Å². The summed E-state index contributed by atoms with van der Waals surface area (Å²) in [6.45, 7) is 6.16. The Balaban J connectivity index is 1.86. The van der Waals surface area contributed by atoms with Gasteiger partial charge < -0.3 is 14.2 Å². The maximum Gasteiger partial charge on any atom is 0.162 e. The van der Waals surface area contributed by atoms with Crippen molar-refractivity contribution in [3.63, 3.8) is 0 Å². The van der Waals surface area contributed by atoms with Crippen LogP contribution in [0.3, 0.4) is 0 Å². The first-order chi connectivity index (χ1) is 9.16. The number of benzene rings is 1. The molecule has 1 aliphatic heterocycles. The van der Waals surface area contributed by atoms with Gasteiger partial charge in [-0.3, -0.25) is 0 Å². The highest BCUT2D eigenvalue weighted by Crippen LogP contribution is 2.36. The minimum Gasteiger partial charge on any atom is -0.486 e. The van der Waals surface area contributed by atoms with Crippen molar-refractivity contribution in [1.82, 2.24) is 0 Å². The molecule has 0 atom stereocenters. The predicted molar refractivity (Wildman–Crippen MR) is 82.4 cm³/mol. The lowest BCUT2D eigenvalue weighted by Crippen LogP contribution is -2.15. The van der Waals surface area contributed by atoms with E-state index in [-0.39, 0.29) is 0 Å². The molecule has 0 radical (unpaired) electrons. The molecule has 2 rings (SSSR count). The highest BCUT2D eigenvalue weighted by Gasteiger charge is 2.14. The Hall–Kier alpha value is -0.390.